The maximum absolute atomic E-state index is 9.47. The summed E-state index contributed by atoms with van der Waals surface area (Å²) in [4.78, 5) is 15.4. The molecule has 0 aliphatic carbocycles. The summed E-state index contributed by atoms with van der Waals surface area (Å²) in [6, 6.07) is 0. The van der Waals surface area contributed by atoms with E-state index < -0.39 is 14.1 Å². The first-order valence-corrected chi connectivity index (χ1v) is 4.04. The number of hydrogen-bond donors (Lipinski definition) is 5. The van der Waals surface area contributed by atoms with E-state index in [0.29, 0.717) is 0 Å². The van der Waals surface area contributed by atoms with Crippen LogP contribution in [0.1, 0.15) is 0 Å². The van der Waals surface area contributed by atoms with Crippen molar-refractivity contribution in [1.29, 1.82) is 0 Å². The highest BCUT2D eigenvalue weighted by Gasteiger charge is 2.07. The van der Waals surface area contributed by atoms with Gasteiger partial charge in [0.1, 0.15) is 0 Å². The molecule has 0 saturated carbocycles. The molecule has 0 bridgehead atoms. The quantitative estimate of drug-likeness (QED) is 0.250. The number of phosphoric acid groups is 1. The van der Waals surface area contributed by atoms with Crippen molar-refractivity contribution in [3.05, 3.63) is 0 Å². The molecular weight excluding hydrogens is 177 g/mol. The smallest absolute Gasteiger partial charge is 0.367 e. The number of rotatable bonds is 2. The largest absolute Gasteiger partial charge is 0.469 e. The third kappa shape index (κ3) is 25.6. The van der Waals surface area contributed by atoms with Crippen molar-refractivity contribution in [1.82, 2.24) is 0 Å². The van der Waals surface area contributed by atoms with Gasteiger partial charge >= 0.3 is 7.82 Å². The molecule has 0 aromatic carbocycles. The Bertz CT molecular complexity index is 121. The molecule has 0 saturated heterocycles. The molecule has 0 aromatic rings. The molecule has 0 aliphatic heterocycles. The van der Waals surface area contributed by atoms with Gasteiger partial charge < -0.3 is 25.7 Å². The molecule has 0 atom stereocenters. The first kappa shape index (κ1) is 13.6. The number of nitrogens with two attached hydrogens (primary N) is 1. The van der Waals surface area contributed by atoms with Crippen molar-refractivity contribution < 1.29 is 29.1 Å². The van der Waals surface area contributed by atoms with Crippen LogP contribution in [-0.4, -0.2) is 39.9 Å². The van der Waals surface area contributed by atoms with Crippen molar-refractivity contribution in [2.75, 3.05) is 13.7 Å². The number of aliphatic hydroxyl groups excluding tert-OH is 1. The van der Waals surface area contributed by atoms with Gasteiger partial charge in [-0.25, -0.2) is 4.57 Å². The van der Waals surface area contributed by atoms with Crippen molar-refractivity contribution in [2.24, 2.45) is 5.73 Å². The molecule has 11 heavy (non-hydrogen) atoms. The Labute approximate surface area is 63.7 Å². The normalized spacial score (nSPS) is 10.8. The molecule has 0 aliphatic rings. The molecule has 0 unspecified atom stereocenters. The lowest BCUT2D eigenvalue weighted by Crippen LogP contribution is -2.17. The van der Waals surface area contributed by atoms with Crippen LogP contribution in [0.15, 0.2) is 0 Å². The van der Waals surface area contributed by atoms with Gasteiger partial charge in [-0.2, -0.15) is 0 Å². The second-order valence-electron chi connectivity index (χ2n) is 1.39. The molecule has 70 valence electrons. The number of hydrogen-bond acceptors (Lipinski definition) is 5. The zero-order valence-electron chi connectivity index (χ0n) is 5.91. The highest BCUT2D eigenvalue weighted by Crippen LogP contribution is 2.33. The Morgan fingerprint density at radius 3 is 1.73 bits per heavy atom. The molecule has 0 amide bonds. The van der Waals surface area contributed by atoms with Gasteiger partial charge in [-0.15, -0.1) is 0 Å². The minimum atomic E-state index is -4.15. The monoisotopic (exact) mass is 189 g/mol. The van der Waals surface area contributed by atoms with Crippen LogP contribution in [-0.2, 0) is 9.09 Å². The molecule has 0 fully saturated rings. The summed E-state index contributed by atoms with van der Waals surface area (Å²) in [5, 5.41) is 15.6. The van der Waals surface area contributed by atoms with E-state index in [2.05, 4.69) is 10.3 Å². The van der Waals surface area contributed by atoms with Crippen LogP contribution in [0.2, 0.25) is 0 Å². The van der Waals surface area contributed by atoms with Crippen LogP contribution >= 0.6 is 7.82 Å². The standard InChI is InChI=1S/C2H7NO2.CH5O4P/c3-1-2(4)5;1-5-6(2,3)4/h2,4-5H,1,3H2;1H3,(H2,2,3,4). The summed E-state index contributed by atoms with van der Waals surface area (Å²) in [6.07, 6.45) is -1.34. The van der Waals surface area contributed by atoms with Crippen LogP contribution in [0.4, 0.5) is 0 Å². The van der Waals surface area contributed by atoms with Gasteiger partial charge in [-0.1, -0.05) is 0 Å². The van der Waals surface area contributed by atoms with Crippen LogP contribution in [0.25, 0.3) is 0 Å². The van der Waals surface area contributed by atoms with Crippen LogP contribution in [0.5, 0.6) is 0 Å². The topological polar surface area (TPSA) is 133 Å². The fourth-order valence-electron chi connectivity index (χ4n) is 0. The Kier molecular flexibility index (Phi) is 8.25. The van der Waals surface area contributed by atoms with Crippen molar-refractivity contribution in [3.8, 4) is 0 Å². The zero-order chi connectivity index (χ0) is 9.49. The lowest BCUT2D eigenvalue weighted by atomic mass is 10.7. The Morgan fingerprint density at radius 1 is 1.55 bits per heavy atom. The first-order chi connectivity index (χ1) is 4.83. The predicted molar refractivity (Wildman–Crippen MR) is 36.3 cm³/mol. The van der Waals surface area contributed by atoms with Gasteiger partial charge in [-0.3, -0.25) is 4.52 Å². The fourth-order valence-corrected chi connectivity index (χ4v) is 0. The Morgan fingerprint density at radius 2 is 1.73 bits per heavy atom. The van der Waals surface area contributed by atoms with Crippen LogP contribution in [0.3, 0.4) is 0 Å². The van der Waals surface area contributed by atoms with E-state index in [0.717, 1.165) is 7.11 Å². The molecular formula is C3H12NO6P. The third-order valence-electron chi connectivity index (χ3n) is 0.449. The van der Waals surface area contributed by atoms with E-state index in [-0.39, 0.29) is 6.54 Å². The van der Waals surface area contributed by atoms with Crippen molar-refractivity contribution in [2.45, 2.75) is 6.29 Å². The minimum Gasteiger partial charge on any atom is -0.367 e. The van der Waals surface area contributed by atoms with E-state index in [4.69, 9.17) is 20.0 Å². The van der Waals surface area contributed by atoms with Crippen molar-refractivity contribution in [3.63, 3.8) is 0 Å². The molecule has 0 aromatic heterocycles. The molecule has 6 N–H and O–H groups in total. The summed E-state index contributed by atoms with van der Waals surface area (Å²) in [5.74, 6) is 0. The first-order valence-electron chi connectivity index (χ1n) is 2.51. The number of phosphoric ester groups is 1. The fraction of sp³-hybridized carbons (Fsp3) is 1.00. The zero-order valence-corrected chi connectivity index (χ0v) is 6.81. The third-order valence-corrected chi connectivity index (χ3v) is 0.924. The van der Waals surface area contributed by atoms with E-state index in [1.807, 2.05) is 0 Å². The summed E-state index contributed by atoms with van der Waals surface area (Å²) in [6.45, 7) is -0.0833. The highest BCUT2D eigenvalue weighted by atomic mass is 31.2. The van der Waals surface area contributed by atoms with E-state index in [9.17, 15) is 4.57 Å². The molecule has 0 heterocycles. The summed E-state index contributed by atoms with van der Waals surface area (Å²) >= 11 is 0. The highest BCUT2D eigenvalue weighted by molar-refractivity contribution is 7.46. The number of aliphatic hydroxyl groups is 2. The molecule has 7 nitrogen and oxygen atoms in total. The average Bonchev–Trinajstić information content (AvgIpc) is 1.88. The Hall–Kier alpha value is -0.0100. The second-order valence-corrected chi connectivity index (χ2v) is 2.74. The lowest BCUT2D eigenvalue weighted by Gasteiger charge is -1.93. The van der Waals surface area contributed by atoms with E-state index in [1.165, 1.54) is 0 Å². The second kappa shape index (κ2) is 6.68. The predicted octanol–water partition coefficient (Wildman–Crippen LogP) is -2.02. The SMILES string of the molecule is COP(=O)(O)O.NCC(O)O. The van der Waals surface area contributed by atoms with Gasteiger partial charge in [0.2, 0.25) is 0 Å². The summed E-state index contributed by atoms with van der Waals surface area (Å²) in [5.41, 5.74) is 4.67. The van der Waals surface area contributed by atoms with Gasteiger partial charge in [-0.05, 0) is 0 Å². The van der Waals surface area contributed by atoms with Crippen LogP contribution in [0, 0.1) is 0 Å². The average molecular weight is 189 g/mol. The molecule has 0 spiro atoms. The van der Waals surface area contributed by atoms with Crippen LogP contribution < -0.4 is 5.73 Å². The minimum absolute atomic E-state index is 0.0833. The summed E-state index contributed by atoms with van der Waals surface area (Å²) < 4.78 is 13.1. The van der Waals surface area contributed by atoms with Gasteiger partial charge in [0, 0.05) is 13.7 Å². The molecule has 8 heteroatoms. The van der Waals surface area contributed by atoms with E-state index in [1.54, 1.807) is 0 Å². The lowest BCUT2D eigenvalue weighted by molar-refractivity contribution is -0.0309. The van der Waals surface area contributed by atoms with E-state index >= 15 is 0 Å². The molecule has 0 rings (SSSR count). The maximum Gasteiger partial charge on any atom is 0.469 e. The Balaban J connectivity index is 0. The van der Waals surface area contributed by atoms with Gasteiger partial charge in [0.15, 0.2) is 6.29 Å². The molecule has 0 radical (unpaired) electrons. The maximum atomic E-state index is 9.47. The summed E-state index contributed by atoms with van der Waals surface area (Å²) in [7, 11) is -3.20. The van der Waals surface area contributed by atoms with Gasteiger partial charge in [0.05, 0.1) is 0 Å². The van der Waals surface area contributed by atoms with Crippen molar-refractivity contribution >= 4 is 7.82 Å². The van der Waals surface area contributed by atoms with Gasteiger partial charge in [0.25, 0.3) is 0 Å².